The number of nitrogens with one attached hydrogen (secondary N) is 2. The van der Waals surface area contributed by atoms with Crippen LogP contribution in [0.4, 0.5) is 0 Å². The zero-order valence-electron chi connectivity index (χ0n) is 15.8. The van der Waals surface area contributed by atoms with Crippen LogP contribution in [0.2, 0.25) is 0 Å². The van der Waals surface area contributed by atoms with Gasteiger partial charge in [0.1, 0.15) is 0 Å². The Morgan fingerprint density at radius 1 is 1.19 bits per heavy atom. The summed E-state index contributed by atoms with van der Waals surface area (Å²) in [6, 6.07) is 5.26. The molecule has 1 aromatic rings. The maximum Gasteiger partial charge on any atom is 0.240 e. The van der Waals surface area contributed by atoms with Gasteiger partial charge in [-0.3, -0.25) is 4.79 Å². The highest BCUT2D eigenvalue weighted by molar-refractivity contribution is 7.89. The largest absolute Gasteiger partial charge is 0.352 e. The Kier molecular flexibility index (Phi) is 7.61. The lowest BCUT2D eigenvalue weighted by Gasteiger charge is -2.19. The van der Waals surface area contributed by atoms with Gasteiger partial charge in [0.25, 0.3) is 0 Å². The molecule has 26 heavy (non-hydrogen) atoms. The van der Waals surface area contributed by atoms with E-state index in [1.807, 2.05) is 6.07 Å². The van der Waals surface area contributed by atoms with Gasteiger partial charge in [-0.25, -0.2) is 13.1 Å². The quantitative estimate of drug-likeness (QED) is 0.606. The van der Waals surface area contributed by atoms with Crippen molar-refractivity contribution in [2.45, 2.75) is 63.3 Å². The average Bonchev–Trinajstić information content (AvgIpc) is 2.60. The first-order valence-corrected chi connectivity index (χ1v) is 10.9. The summed E-state index contributed by atoms with van der Waals surface area (Å²) in [6.07, 6.45) is 5.11. The molecule has 0 saturated heterocycles. The molecule has 0 aromatic heterocycles. The molecule has 0 bridgehead atoms. The minimum Gasteiger partial charge on any atom is -0.352 e. The zero-order valence-corrected chi connectivity index (χ0v) is 16.6. The van der Waals surface area contributed by atoms with Gasteiger partial charge >= 0.3 is 0 Å². The number of carbonyl (C=O) groups excluding carboxylic acids is 1. The van der Waals surface area contributed by atoms with Gasteiger partial charge in [0.15, 0.2) is 0 Å². The van der Waals surface area contributed by atoms with Gasteiger partial charge in [0.2, 0.25) is 15.9 Å². The van der Waals surface area contributed by atoms with E-state index in [1.54, 1.807) is 12.1 Å². The second-order valence-electron chi connectivity index (χ2n) is 7.42. The van der Waals surface area contributed by atoms with Crippen molar-refractivity contribution in [1.29, 1.82) is 0 Å². The van der Waals surface area contributed by atoms with E-state index in [2.05, 4.69) is 23.9 Å². The molecule has 0 heterocycles. The van der Waals surface area contributed by atoms with E-state index in [-0.39, 0.29) is 29.8 Å². The highest BCUT2D eigenvalue weighted by atomic mass is 32.2. The van der Waals surface area contributed by atoms with E-state index >= 15 is 0 Å². The number of hydrogen-bond acceptors (Lipinski definition) is 4. The first-order valence-electron chi connectivity index (χ1n) is 9.42. The van der Waals surface area contributed by atoms with Gasteiger partial charge in [-0.1, -0.05) is 19.9 Å². The summed E-state index contributed by atoms with van der Waals surface area (Å²) in [6.45, 7) is 4.60. The third-order valence-corrected chi connectivity index (χ3v) is 6.14. The Hall–Kier alpha value is -1.44. The van der Waals surface area contributed by atoms with Crippen LogP contribution in [0.1, 0.15) is 50.7 Å². The van der Waals surface area contributed by atoms with Crippen LogP contribution in [-0.2, 0) is 27.7 Å². The number of nitrogens with two attached hydrogens (primary N) is 1. The van der Waals surface area contributed by atoms with E-state index in [0.29, 0.717) is 12.5 Å². The Bertz CT molecular complexity index is 717. The summed E-state index contributed by atoms with van der Waals surface area (Å²) in [7, 11) is -3.60. The predicted molar refractivity (Wildman–Crippen MR) is 103 cm³/mol. The Labute approximate surface area is 157 Å². The molecule has 4 N–H and O–H groups in total. The van der Waals surface area contributed by atoms with Crippen LogP contribution in [-0.4, -0.2) is 33.5 Å². The molecule has 0 fully saturated rings. The van der Waals surface area contributed by atoms with Gasteiger partial charge < -0.3 is 11.1 Å². The fourth-order valence-corrected chi connectivity index (χ4v) is 4.42. The van der Waals surface area contributed by atoms with Gasteiger partial charge in [-0.15, -0.1) is 0 Å². The number of rotatable bonds is 9. The topological polar surface area (TPSA) is 101 Å². The number of amides is 1. The molecule has 2 rings (SSSR count). The number of fused-ring (bicyclic) bond motifs is 1. The van der Waals surface area contributed by atoms with E-state index < -0.39 is 10.0 Å². The van der Waals surface area contributed by atoms with Crippen molar-refractivity contribution in [3.63, 3.8) is 0 Å². The van der Waals surface area contributed by atoms with Crippen LogP contribution in [0.5, 0.6) is 0 Å². The van der Waals surface area contributed by atoms with Crippen LogP contribution in [0.3, 0.4) is 0 Å². The molecular formula is C19H31N3O3S. The van der Waals surface area contributed by atoms with Crippen LogP contribution in [0, 0.1) is 5.92 Å². The van der Waals surface area contributed by atoms with Gasteiger partial charge in [-0.2, -0.15) is 0 Å². The van der Waals surface area contributed by atoms with E-state index in [0.717, 1.165) is 37.7 Å². The molecule has 1 amide bonds. The average molecular weight is 382 g/mol. The lowest BCUT2D eigenvalue weighted by atomic mass is 9.92. The predicted octanol–water partition coefficient (Wildman–Crippen LogP) is 1.72. The van der Waals surface area contributed by atoms with Crippen molar-refractivity contribution in [1.82, 2.24) is 10.0 Å². The number of hydrogen-bond donors (Lipinski definition) is 3. The summed E-state index contributed by atoms with van der Waals surface area (Å²) in [5.74, 6) is 0.251. The maximum atomic E-state index is 12.5. The molecule has 1 aromatic carbocycles. The molecule has 7 heteroatoms. The highest BCUT2D eigenvalue weighted by Gasteiger charge is 2.18. The summed E-state index contributed by atoms with van der Waals surface area (Å²) in [5.41, 5.74) is 8.04. The van der Waals surface area contributed by atoms with Gasteiger partial charge in [-0.05, 0) is 61.3 Å². The molecule has 146 valence electrons. The lowest BCUT2D eigenvalue weighted by molar-refractivity contribution is -0.121. The van der Waals surface area contributed by atoms with Crippen molar-refractivity contribution in [2.24, 2.45) is 11.7 Å². The molecule has 0 radical (unpaired) electrons. The molecule has 1 aliphatic carbocycles. The molecule has 1 aliphatic rings. The normalized spacial score (nSPS) is 15.5. The fourth-order valence-electron chi connectivity index (χ4n) is 3.34. The molecule has 0 spiro atoms. The highest BCUT2D eigenvalue weighted by Crippen LogP contribution is 2.24. The number of benzene rings is 1. The first-order chi connectivity index (χ1) is 12.3. The van der Waals surface area contributed by atoms with Crippen molar-refractivity contribution in [3.05, 3.63) is 29.3 Å². The molecule has 1 unspecified atom stereocenters. The minimum atomic E-state index is -3.60. The van der Waals surface area contributed by atoms with E-state index in [1.165, 1.54) is 5.56 Å². The summed E-state index contributed by atoms with van der Waals surface area (Å²) in [4.78, 5) is 12.3. The number of sulfonamides is 1. The standard InChI is InChI=1S/C19H31N3O3S/c1-14(2)11-17(13-20)22-19(23)9-10-21-26(24,25)18-8-7-15-5-3-4-6-16(15)12-18/h7-8,12,14,17,21H,3-6,9-11,13,20H2,1-2H3,(H,22,23). The first kappa shape index (κ1) is 20.9. The molecular weight excluding hydrogens is 350 g/mol. The third-order valence-electron chi connectivity index (χ3n) is 4.68. The molecule has 0 saturated carbocycles. The fraction of sp³-hybridized carbons (Fsp3) is 0.632. The van der Waals surface area contributed by atoms with Gasteiger partial charge in [0, 0.05) is 25.6 Å². The second-order valence-corrected chi connectivity index (χ2v) is 9.18. The molecule has 1 atom stereocenters. The van der Waals surface area contributed by atoms with E-state index in [9.17, 15) is 13.2 Å². The van der Waals surface area contributed by atoms with Gasteiger partial charge in [0.05, 0.1) is 4.90 Å². The Morgan fingerprint density at radius 2 is 1.88 bits per heavy atom. The Morgan fingerprint density at radius 3 is 2.54 bits per heavy atom. The second kappa shape index (κ2) is 9.48. The van der Waals surface area contributed by atoms with E-state index in [4.69, 9.17) is 5.73 Å². The zero-order chi connectivity index (χ0) is 19.2. The van der Waals surface area contributed by atoms with Crippen LogP contribution in [0.15, 0.2) is 23.1 Å². The molecule has 6 nitrogen and oxygen atoms in total. The maximum absolute atomic E-state index is 12.5. The lowest BCUT2D eigenvalue weighted by Crippen LogP contribution is -2.42. The minimum absolute atomic E-state index is 0.0697. The van der Waals surface area contributed by atoms with Crippen LogP contribution in [0.25, 0.3) is 0 Å². The Balaban J connectivity index is 1.87. The number of aryl methyl sites for hydroxylation is 2. The number of carbonyl (C=O) groups is 1. The molecule has 0 aliphatic heterocycles. The van der Waals surface area contributed by atoms with Crippen LogP contribution < -0.4 is 15.8 Å². The van der Waals surface area contributed by atoms with Crippen molar-refractivity contribution < 1.29 is 13.2 Å². The van der Waals surface area contributed by atoms with Crippen LogP contribution >= 0.6 is 0 Å². The summed E-state index contributed by atoms with van der Waals surface area (Å²) in [5, 5.41) is 2.87. The van der Waals surface area contributed by atoms with Crippen molar-refractivity contribution in [2.75, 3.05) is 13.1 Å². The third kappa shape index (κ3) is 6.07. The monoisotopic (exact) mass is 381 g/mol. The summed E-state index contributed by atoms with van der Waals surface area (Å²) >= 11 is 0. The van der Waals surface area contributed by atoms with Crippen molar-refractivity contribution in [3.8, 4) is 0 Å². The SMILES string of the molecule is CC(C)CC(CN)NC(=O)CCNS(=O)(=O)c1ccc2c(c1)CCCC2. The van der Waals surface area contributed by atoms with Crippen molar-refractivity contribution >= 4 is 15.9 Å². The smallest absolute Gasteiger partial charge is 0.240 e. The summed E-state index contributed by atoms with van der Waals surface area (Å²) < 4.78 is 27.4.